The number of para-hydroxylation sites is 1. The van der Waals surface area contributed by atoms with Crippen molar-refractivity contribution in [2.24, 2.45) is 11.3 Å². The summed E-state index contributed by atoms with van der Waals surface area (Å²) in [7, 11) is 0. The SMILES string of the molecule is Cc1ccc(C2(C(=O)OC(C#N)C3=CC(Oc4ccccc4)CC=C3)CC2(C)C2CC2)cc1. The van der Waals surface area contributed by atoms with Crippen LogP contribution in [0.5, 0.6) is 5.75 Å². The van der Waals surface area contributed by atoms with Crippen molar-refractivity contribution in [2.45, 2.75) is 57.2 Å². The van der Waals surface area contributed by atoms with Gasteiger partial charge in [-0.2, -0.15) is 5.26 Å². The fourth-order valence-corrected chi connectivity index (χ4v) is 5.40. The first-order valence-corrected chi connectivity index (χ1v) is 11.7. The van der Waals surface area contributed by atoms with Crippen molar-refractivity contribution < 1.29 is 14.3 Å². The zero-order valence-corrected chi connectivity index (χ0v) is 19.2. The number of nitrogens with zero attached hydrogens (tertiary/aromatic N) is 1. The predicted molar refractivity (Wildman–Crippen MR) is 126 cm³/mol. The number of carbonyl (C=O) groups is 1. The average Bonchev–Trinajstić information content (AvgIpc) is 3.75. The van der Waals surface area contributed by atoms with Gasteiger partial charge in [-0.05, 0) is 61.3 Å². The van der Waals surface area contributed by atoms with Crippen LogP contribution in [-0.2, 0) is 14.9 Å². The maximum atomic E-state index is 13.7. The molecule has 0 aromatic heterocycles. The van der Waals surface area contributed by atoms with E-state index in [4.69, 9.17) is 9.47 Å². The Morgan fingerprint density at radius 1 is 1.12 bits per heavy atom. The molecule has 4 atom stereocenters. The molecule has 0 saturated heterocycles. The number of ether oxygens (including phenoxy) is 2. The molecule has 2 saturated carbocycles. The molecule has 3 aliphatic rings. The minimum atomic E-state index is -0.956. The Morgan fingerprint density at radius 2 is 1.85 bits per heavy atom. The van der Waals surface area contributed by atoms with Gasteiger partial charge in [0.15, 0.2) is 0 Å². The summed E-state index contributed by atoms with van der Waals surface area (Å²) < 4.78 is 12.0. The van der Waals surface area contributed by atoms with Crippen LogP contribution in [0.2, 0.25) is 0 Å². The Balaban J connectivity index is 1.37. The first kappa shape index (κ1) is 21.5. The first-order valence-electron chi connectivity index (χ1n) is 11.7. The second kappa shape index (κ2) is 8.23. The maximum absolute atomic E-state index is 13.7. The molecule has 33 heavy (non-hydrogen) atoms. The van der Waals surface area contributed by atoms with E-state index in [9.17, 15) is 10.1 Å². The van der Waals surface area contributed by atoms with E-state index in [-0.39, 0.29) is 17.5 Å². The molecule has 2 fully saturated rings. The summed E-state index contributed by atoms with van der Waals surface area (Å²) in [6, 6.07) is 20.0. The van der Waals surface area contributed by atoms with E-state index in [1.807, 2.05) is 55.5 Å². The number of hydrogen-bond donors (Lipinski definition) is 0. The molecular formula is C29H29NO3. The van der Waals surface area contributed by atoms with E-state index < -0.39 is 11.5 Å². The van der Waals surface area contributed by atoms with E-state index >= 15 is 0 Å². The molecule has 4 heteroatoms. The summed E-state index contributed by atoms with van der Waals surface area (Å²) in [5.74, 6) is 1.03. The molecule has 168 valence electrons. The zero-order valence-electron chi connectivity index (χ0n) is 19.2. The summed E-state index contributed by atoms with van der Waals surface area (Å²) in [6.45, 7) is 4.25. The Morgan fingerprint density at radius 3 is 2.52 bits per heavy atom. The summed E-state index contributed by atoms with van der Waals surface area (Å²) in [5.41, 5.74) is 2.06. The summed E-state index contributed by atoms with van der Waals surface area (Å²) in [5, 5.41) is 9.91. The quantitative estimate of drug-likeness (QED) is 0.510. The molecular weight excluding hydrogens is 410 g/mol. The Kier molecular flexibility index (Phi) is 5.37. The van der Waals surface area contributed by atoms with E-state index in [2.05, 4.69) is 37.3 Å². The van der Waals surface area contributed by atoms with Crippen molar-refractivity contribution in [1.82, 2.24) is 0 Å². The lowest BCUT2D eigenvalue weighted by molar-refractivity contribution is -0.149. The lowest BCUT2D eigenvalue weighted by Crippen LogP contribution is -2.34. The molecule has 0 N–H and O–H groups in total. The molecule has 3 aliphatic carbocycles. The molecule has 4 nitrogen and oxygen atoms in total. The van der Waals surface area contributed by atoms with Gasteiger partial charge < -0.3 is 9.47 Å². The van der Waals surface area contributed by atoms with Gasteiger partial charge in [0, 0.05) is 12.0 Å². The van der Waals surface area contributed by atoms with Crippen molar-refractivity contribution >= 4 is 5.97 Å². The number of benzene rings is 2. The number of aryl methyl sites for hydroxylation is 1. The van der Waals surface area contributed by atoms with Crippen molar-refractivity contribution in [3.8, 4) is 11.8 Å². The minimum Gasteiger partial charge on any atom is -0.486 e. The van der Waals surface area contributed by atoms with Crippen LogP contribution in [0.4, 0.5) is 0 Å². The summed E-state index contributed by atoms with van der Waals surface area (Å²) in [6.07, 6.45) is 8.39. The lowest BCUT2D eigenvalue weighted by Gasteiger charge is -2.25. The third-order valence-electron chi connectivity index (χ3n) is 7.59. The van der Waals surface area contributed by atoms with Crippen LogP contribution in [0.1, 0.15) is 43.7 Å². The second-order valence-corrected chi connectivity index (χ2v) is 9.83. The molecule has 4 unspecified atom stereocenters. The molecule has 2 aromatic carbocycles. The fraction of sp³-hybridized carbons (Fsp3) is 0.379. The second-order valence-electron chi connectivity index (χ2n) is 9.83. The molecule has 0 radical (unpaired) electrons. The van der Waals surface area contributed by atoms with Gasteiger partial charge >= 0.3 is 5.97 Å². The molecule has 0 bridgehead atoms. The van der Waals surface area contributed by atoms with Crippen LogP contribution in [0.3, 0.4) is 0 Å². The first-order chi connectivity index (χ1) is 16.0. The summed E-state index contributed by atoms with van der Waals surface area (Å²) >= 11 is 0. The monoisotopic (exact) mass is 439 g/mol. The highest BCUT2D eigenvalue weighted by atomic mass is 16.5. The van der Waals surface area contributed by atoms with E-state index in [1.165, 1.54) is 0 Å². The van der Waals surface area contributed by atoms with Gasteiger partial charge in [0.05, 0.1) is 5.41 Å². The molecule has 0 amide bonds. The van der Waals surface area contributed by atoms with Crippen molar-refractivity contribution in [3.63, 3.8) is 0 Å². The van der Waals surface area contributed by atoms with Crippen LogP contribution in [0.25, 0.3) is 0 Å². The third-order valence-corrected chi connectivity index (χ3v) is 7.59. The van der Waals surface area contributed by atoms with Gasteiger partial charge in [-0.15, -0.1) is 0 Å². The predicted octanol–water partition coefficient (Wildman–Crippen LogP) is 5.82. The molecule has 5 rings (SSSR count). The van der Waals surface area contributed by atoms with Crippen molar-refractivity contribution in [2.75, 3.05) is 0 Å². The standard InChI is InChI=1S/C29H29NO3/c1-20-11-13-23(14-12-20)29(19-28(29,2)22-15-16-22)27(31)33-26(18-30)21-7-6-10-25(17-21)32-24-8-4-3-5-9-24/h3-9,11-14,17,22,25-26H,10,15-16,19H2,1-2H3. The average molecular weight is 440 g/mol. The largest absolute Gasteiger partial charge is 0.486 e. The van der Waals surface area contributed by atoms with Crippen LogP contribution in [-0.4, -0.2) is 18.2 Å². The molecule has 0 aliphatic heterocycles. The zero-order chi connectivity index (χ0) is 23.1. The highest BCUT2D eigenvalue weighted by Crippen LogP contribution is 2.73. The fourth-order valence-electron chi connectivity index (χ4n) is 5.40. The van der Waals surface area contributed by atoms with E-state index in [1.54, 1.807) is 0 Å². The highest BCUT2D eigenvalue weighted by molar-refractivity contribution is 5.89. The van der Waals surface area contributed by atoms with Crippen molar-refractivity contribution in [1.29, 1.82) is 5.26 Å². The third kappa shape index (κ3) is 3.86. The van der Waals surface area contributed by atoms with E-state index in [0.717, 1.165) is 36.1 Å². The van der Waals surface area contributed by atoms with Gasteiger partial charge in [-0.3, -0.25) is 4.79 Å². The van der Waals surface area contributed by atoms with Gasteiger partial charge in [-0.1, -0.05) is 67.1 Å². The maximum Gasteiger partial charge on any atom is 0.318 e. The molecule has 0 heterocycles. The van der Waals surface area contributed by atoms with Crippen LogP contribution < -0.4 is 4.74 Å². The van der Waals surface area contributed by atoms with E-state index in [0.29, 0.717) is 17.9 Å². The summed E-state index contributed by atoms with van der Waals surface area (Å²) in [4.78, 5) is 13.7. The Hall–Kier alpha value is -3.32. The molecule has 2 aromatic rings. The van der Waals surface area contributed by atoms with Crippen molar-refractivity contribution in [3.05, 3.63) is 89.5 Å². The Labute approximate surface area is 195 Å². The van der Waals surface area contributed by atoms with Crippen LogP contribution in [0.15, 0.2) is 78.4 Å². The van der Waals surface area contributed by atoms with Gasteiger partial charge in [0.25, 0.3) is 0 Å². The number of nitriles is 1. The molecule has 0 spiro atoms. The smallest absolute Gasteiger partial charge is 0.318 e. The number of hydrogen-bond acceptors (Lipinski definition) is 4. The van der Waals surface area contributed by atoms with Crippen LogP contribution >= 0.6 is 0 Å². The highest BCUT2D eigenvalue weighted by Gasteiger charge is 2.75. The van der Waals surface area contributed by atoms with Gasteiger partial charge in [-0.25, -0.2) is 0 Å². The Bertz CT molecular complexity index is 1140. The minimum absolute atomic E-state index is 0.102. The number of carbonyl (C=O) groups excluding carboxylic acids is 1. The normalized spacial score (nSPS) is 28.9. The lowest BCUT2D eigenvalue weighted by atomic mass is 9.83. The topological polar surface area (TPSA) is 59.3 Å². The van der Waals surface area contributed by atoms with Gasteiger partial charge in [0.1, 0.15) is 17.9 Å². The van der Waals surface area contributed by atoms with Gasteiger partial charge in [0.2, 0.25) is 6.10 Å². The van der Waals surface area contributed by atoms with Crippen LogP contribution in [0, 0.1) is 29.6 Å². The number of esters is 1. The number of rotatable bonds is 7.